The second-order valence-corrected chi connectivity index (χ2v) is 9.83. The van der Waals surface area contributed by atoms with Gasteiger partial charge < -0.3 is 4.74 Å². The van der Waals surface area contributed by atoms with Crippen LogP contribution >= 0.6 is 0 Å². The Hall–Kier alpha value is -1.05. The average molecular weight is 357 g/mol. The van der Waals surface area contributed by atoms with Crippen molar-refractivity contribution in [2.45, 2.75) is 84.5 Å². The van der Waals surface area contributed by atoms with Crippen LogP contribution in [0, 0.1) is 28.6 Å². The molecule has 0 aromatic carbocycles. The Morgan fingerprint density at radius 1 is 1.15 bits per heavy atom. The molecule has 0 aliphatic heterocycles. The molecule has 2 nitrogen and oxygen atoms in total. The van der Waals surface area contributed by atoms with Crippen molar-refractivity contribution in [2.75, 3.05) is 7.11 Å². The lowest BCUT2D eigenvalue weighted by Crippen LogP contribution is -2.46. The predicted octanol–water partition coefficient (Wildman–Crippen LogP) is 6.22. The number of allylic oxidation sites excluding steroid dienone is 4. The van der Waals surface area contributed by atoms with Crippen LogP contribution in [0.2, 0.25) is 0 Å². The highest BCUT2D eigenvalue weighted by Crippen LogP contribution is 2.64. The molecule has 2 heteroatoms. The van der Waals surface area contributed by atoms with Gasteiger partial charge in [0.1, 0.15) is 0 Å². The van der Waals surface area contributed by atoms with Gasteiger partial charge in [-0.25, -0.2) is 0 Å². The van der Waals surface area contributed by atoms with Crippen LogP contribution in [0.4, 0.5) is 0 Å². The van der Waals surface area contributed by atoms with E-state index in [0.717, 1.165) is 30.6 Å². The third-order valence-corrected chi connectivity index (χ3v) is 8.74. The number of hydrogen-bond donors (Lipinski definition) is 0. The van der Waals surface area contributed by atoms with Crippen LogP contribution in [-0.2, 0) is 9.53 Å². The van der Waals surface area contributed by atoms with E-state index in [4.69, 9.17) is 4.74 Å². The van der Waals surface area contributed by atoms with Crippen molar-refractivity contribution >= 4 is 5.97 Å². The Morgan fingerprint density at radius 3 is 2.81 bits per heavy atom. The molecule has 0 aromatic rings. The summed E-state index contributed by atoms with van der Waals surface area (Å²) in [6.45, 7) is 5.11. The van der Waals surface area contributed by atoms with Crippen LogP contribution in [0.3, 0.4) is 0 Å². The molecule has 0 N–H and O–H groups in total. The summed E-state index contributed by atoms with van der Waals surface area (Å²) in [7, 11) is 1.49. The third-order valence-electron chi connectivity index (χ3n) is 8.74. The van der Waals surface area contributed by atoms with Gasteiger partial charge in [-0.05, 0) is 80.0 Å². The predicted molar refractivity (Wildman–Crippen MR) is 106 cm³/mol. The van der Waals surface area contributed by atoms with E-state index in [1.165, 1.54) is 58.5 Å². The quantitative estimate of drug-likeness (QED) is 0.441. The first kappa shape index (κ1) is 18.3. The van der Waals surface area contributed by atoms with E-state index in [0.29, 0.717) is 17.3 Å². The zero-order valence-corrected chi connectivity index (χ0v) is 17.0. The summed E-state index contributed by atoms with van der Waals surface area (Å²) in [5, 5.41) is 0. The number of fused-ring (bicyclic) bond motifs is 5. The minimum absolute atomic E-state index is 0.0697. The summed E-state index contributed by atoms with van der Waals surface area (Å²) in [4.78, 5) is 11.5. The van der Waals surface area contributed by atoms with E-state index >= 15 is 0 Å². The molecule has 0 bridgehead atoms. The van der Waals surface area contributed by atoms with E-state index < -0.39 is 0 Å². The Labute approximate surface area is 159 Å². The molecule has 4 rings (SSSR count). The zero-order valence-electron chi connectivity index (χ0n) is 17.0. The number of hydrogen-bond acceptors (Lipinski definition) is 2. The van der Waals surface area contributed by atoms with Crippen LogP contribution in [0.1, 0.15) is 84.5 Å². The number of ether oxygens (including phenoxy) is 1. The van der Waals surface area contributed by atoms with Crippen LogP contribution in [-0.4, -0.2) is 13.1 Å². The first-order valence-electron chi connectivity index (χ1n) is 11.0. The molecule has 4 aliphatic rings. The molecule has 26 heavy (non-hydrogen) atoms. The normalized spacial score (nSPS) is 41.4. The maximum Gasteiger partial charge on any atom is 0.305 e. The van der Waals surface area contributed by atoms with Crippen molar-refractivity contribution in [3.8, 4) is 0 Å². The van der Waals surface area contributed by atoms with E-state index in [9.17, 15) is 4.79 Å². The summed E-state index contributed by atoms with van der Waals surface area (Å²) in [6.07, 6.45) is 18.9. The molecular formula is C24H36O2. The maximum atomic E-state index is 11.5. The molecule has 2 unspecified atom stereocenters. The van der Waals surface area contributed by atoms with Gasteiger partial charge in [0.25, 0.3) is 0 Å². The number of carbonyl (C=O) groups excluding carboxylic acids is 1. The largest absolute Gasteiger partial charge is 0.469 e. The molecule has 0 heterocycles. The lowest BCUT2D eigenvalue weighted by molar-refractivity contribution is -0.140. The van der Waals surface area contributed by atoms with Crippen molar-refractivity contribution in [3.63, 3.8) is 0 Å². The Kier molecular flexibility index (Phi) is 4.82. The van der Waals surface area contributed by atoms with Crippen LogP contribution in [0.15, 0.2) is 23.3 Å². The van der Waals surface area contributed by atoms with E-state index in [2.05, 4.69) is 26.0 Å². The van der Waals surface area contributed by atoms with E-state index in [1.54, 1.807) is 5.57 Å². The van der Waals surface area contributed by atoms with Gasteiger partial charge in [0, 0.05) is 6.42 Å². The fraction of sp³-hybridized carbons (Fsp3) is 0.792. The minimum Gasteiger partial charge on any atom is -0.469 e. The van der Waals surface area contributed by atoms with Gasteiger partial charge in [-0.3, -0.25) is 4.79 Å². The number of carbonyl (C=O) groups is 1. The third kappa shape index (κ3) is 2.79. The smallest absolute Gasteiger partial charge is 0.305 e. The van der Waals surface area contributed by atoms with Crippen LogP contribution < -0.4 is 0 Å². The van der Waals surface area contributed by atoms with Crippen molar-refractivity contribution < 1.29 is 9.53 Å². The molecule has 0 saturated heterocycles. The average Bonchev–Trinajstić information content (AvgIpc) is 2.97. The van der Waals surface area contributed by atoms with Crippen molar-refractivity contribution in [1.29, 1.82) is 0 Å². The highest BCUT2D eigenvalue weighted by Gasteiger charge is 2.54. The zero-order chi connectivity index (χ0) is 18.4. The summed E-state index contributed by atoms with van der Waals surface area (Å²) < 4.78 is 4.81. The molecule has 4 aliphatic carbocycles. The first-order chi connectivity index (χ1) is 12.5. The fourth-order valence-corrected chi connectivity index (χ4v) is 7.14. The molecule has 5 atom stereocenters. The van der Waals surface area contributed by atoms with Gasteiger partial charge >= 0.3 is 5.97 Å². The number of esters is 1. The molecule has 0 radical (unpaired) electrons. The van der Waals surface area contributed by atoms with Gasteiger partial charge in [0.05, 0.1) is 7.11 Å². The molecule has 0 aromatic heterocycles. The van der Waals surface area contributed by atoms with Crippen molar-refractivity contribution in [2.24, 2.45) is 28.6 Å². The summed E-state index contributed by atoms with van der Waals surface area (Å²) >= 11 is 0. The second kappa shape index (κ2) is 6.84. The highest BCUT2D eigenvalue weighted by atomic mass is 16.5. The monoisotopic (exact) mass is 356 g/mol. The molecule has 2 saturated carbocycles. The van der Waals surface area contributed by atoms with E-state index in [1.807, 2.05) is 5.57 Å². The molecule has 0 spiro atoms. The van der Waals surface area contributed by atoms with Crippen molar-refractivity contribution in [3.05, 3.63) is 23.3 Å². The van der Waals surface area contributed by atoms with Crippen molar-refractivity contribution in [1.82, 2.24) is 0 Å². The van der Waals surface area contributed by atoms with Crippen LogP contribution in [0.5, 0.6) is 0 Å². The number of rotatable bonds is 4. The van der Waals surface area contributed by atoms with Gasteiger partial charge in [-0.15, -0.1) is 0 Å². The Bertz CT molecular complexity index is 630. The summed E-state index contributed by atoms with van der Waals surface area (Å²) in [5.74, 6) is 2.48. The summed E-state index contributed by atoms with van der Waals surface area (Å²) in [6, 6.07) is 0. The Balaban J connectivity index is 1.51. The Morgan fingerprint density at radius 2 is 2.00 bits per heavy atom. The molecule has 144 valence electrons. The van der Waals surface area contributed by atoms with Gasteiger partial charge in [0.2, 0.25) is 0 Å². The first-order valence-corrected chi connectivity index (χ1v) is 11.0. The number of methoxy groups -OCH3 is 1. The maximum absolute atomic E-state index is 11.5. The SMILES string of the molecule is COC(=O)CCCC1=CCC2C3CC[C@@H]4CCCC[C@]4(C)C3=CC[C@]12C. The molecule has 0 amide bonds. The lowest BCUT2D eigenvalue weighted by Gasteiger charge is -2.56. The highest BCUT2D eigenvalue weighted by molar-refractivity contribution is 5.69. The van der Waals surface area contributed by atoms with Gasteiger partial charge in [-0.2, -0.15) is 0 Å². The standard InChI is InChI=1S/C24H36O2/c1-23-15-5-4-7-17(23)10-12-19-20-13-11-18(8-6-9-22(25)26-3)24(20,2)16-14-21(19)23/h11,14,17,19-20H,4-10,12-13,15-16H2,1-3H3/t17-,19?,20?,23-,24+/m0/s1. The topological polar surface area (TPSA) is 26.3 Å². The van der Waals surface area contributed by atoms with Gasteiger partial charge in [0.15, 0.2) is 0 Å². The molecule has 2 fully saturated rings. The summed E-state index contributed by atoms with van der Waals surface area (Å²) in [5.41, 5.74) is 4.30. The van der Waals surface area contributed by atoms with Crippen LogP contribution in [0.25, 0.3) is 0 Å². The fourth-order valence-electron chi connectivity index (χ4n) is 7.14. The van der Waals surface area contributed by atoms with E-state index in [-0.39, 0.29) is 5.97 Å². The van der Waals surface area contributed by atoms with Gasteiger partial charge in [-0.1, -0.05) is 50.0 Å². The lowest BCUT2D eigenvalue weighted by atomic mass is 9.49. The molecular weight excluding hydrogens is 320 g/mol. The minimum atomic E-state index is -0.0697. The second-order valence-electron chi connectivity index (χ2n) is 9.83.